The van der Waals surface area contributed by atoms with Gasteiger partial charge in [-0.05, 0) is 12.1 Å². The summed E-state index contributed by atoms with van der Waals surface area (Å²) in [6.07, 6.45) is 0. The minimum atomic E-state index is -0.375. The average molecular weight is 234 g/mol. The topological polar surface area (TPSA) is 120 Å². The third-order valence-electron chi connectivity index (χ3n) is 1.89. The highest BCUT2D eigenvalue weighted by Gasteiger charge is 2.09. The third kappa shape index (κ3) is 2.74. The fraction of sp³-hybridized carbons (Fsp3) is 0.222. The molecule has 3 N–H and O–H groups in total. The number of hydrogen-bond donors (Lipinski definition) is 2. The van der Waals surface area contributed by atoms with Crippen LogP contribution in [0.5, 0.6) is 0 Å². The van der Waals surface area contributed by atoms with Gasteiger partial charge in [0.2, 0.25) is 5.89 Å². The highest BCUT2D eigenvalue weighted by molar-refractivity contribution is 5.92. The second kappa shape index (κ2) is 4.56. The van der Waals surface area contributed by atoms with Crippen LogP contribution < -0.4 is 11.1 Å². The number of amides is 1. The Labute approximate surface area is 96.2 Å². The fourth-order valence-electron chi connectivity index (χ4n) is 1.13. The molecule has 0 aliphatic heterocycles. The van der Waals surface area contributed by atoms with E-state index < -0.39 is 0 Å². The Morgan fingerprint density at radius 2 is 2.29 bits per heavy atom. The molecule has 0 radical (unpaired) electrons. The summed E-state index contributed by atoms with van der Waals surface area (Å²) >= 11 is 0. The van der Waals surface area contributed by atoms with E-state index in [0.29, 0.717) is 11.7 Å². The number of anilines is 1. The summed E-state index contributed by atoms with van der Waals surface area (Å²) in [7, 11) is 0. The largest absolute Gasteiger partial charge is 0.382 e. The van der Waals surface area contributed by atoms with Crippen molar-refractivity contribution in [2.45, 2.75) is 13.5 Å². The number of nitrogens with zero attached hydrogens (tertiary/aromatic N) is 4. The molecule has 0 aliphatic carbocycles. The van der Waals surface area contributed by atoms with Gasteiger partial charge in [-0.2, -0.15) is 4.98 Å². The van der Waals surface area contributed by atoms with Crippen LogP contribution in [0.15, 0.2) is 16.7 Å². The smallest absolute Gasteiger partial charge is 0.272 e. The number of aromatic nitrogens is 4. The molecule has 2 heterocycles. The molecule has 0 saturated heterocycles. The molecule has 0 aliphatic rings. The van der Waals surface area contributed by atoms with Gasteiger partial charge in [-0.3, -0.25) is 4.79 Å². The van der Waals surface area contributed by atoms with Crippen molar-refractivity contribution < 1.29 is 9.32 Å². The summed E-state index contributed by atoms with van der Waals surface area (Å²) in [6.45, 7) is 1.84. The number of nitrogens with two attached hydrogens (primary N) is 1. The quantitative estimate of drug-likeness (QED) is 0.746. The lowest BCUT2D eigenvalue weighted by Gasteiger charge is -2.00. The van der Waals surface area contributed by atoms with E-state index >= 15 is 0 Å². The first-order valence-electron chi connectivity index (χ1n) is 4.82. The Kier molecular flexibility index (Phi) is 2.95. The molecule has 0 atom stereocenters. The van der Waals surface area contributed by atoms with E-state index in [4.69, 9.17) is 10.3 Å². The lowest BCUT2D eigenvalue weighted by atomic mass is 10.3. The van der Waals surface area contributed by atoms with Gasteiger partial charge in [-0.25, -0.2) is 0 Å². The molecule has 88 valence electrons. The van der Waals surface area contributed by atoms with Crippen LogP contribution in [0.3, 0.4) is 0 Å². The maximum atomic E-state index is 11.6. The van der Waals surface area contributed by atoms with Gasteiger partial charge in [0.25, 0.3) is 5.91 Å². The van der Waals surface area contributed by atoms with Gasteiger partial charge >= 0.3 is 0 Å². The molecule has 17 heavy (non-hydrogen) atoms. The molecule has 0 bridgehead atoms. The molecule has 0 fully saturated rings. The Morgan fingerprint density at radius 3 is 2.88 bits per heavy atom. The minimum absolute atomic E-state index is 0.169. The molecule has 2 rings (SSSR count). The predicted molar refractivity (Wildman–Crippen MR) is 56.6 cm³/mol. The van der Waals surface area contributed by atoms with Crippen LogP contribution in [0, 0.1) is 6.92 Å². The van der Waals surface area contributed by atoms with Gasteiger partial charge in [0.15, 0.2) is 11.5 Å². The molecule has 8 heteroatoms. The average Bonchev–Trinajstić information content (AvgIpc) is 2.73. The molecule has 2 aromatic rings. The molecule has 1 amide bonds. The molecule has 0 unspecified atom stereocenters. The van der Waals surface area contributed by atoms with Crippen LogP contribution >= 0.6 is 0 Å². The van der Waals surface area contributed by atoms with Crippen molar-refractivity contribution in [2.75, 3.05) is 5.73 Å². The summed E-state index contributed by atoms with van der Waals surface area (Å²) < 4.78 is 4.76. The van der Waals surface area contributed by atoms with Crippen LogP contribution in [0.2, 0.25) is 0 Å². The summed E-state index contributed by atoms with van der Waals surface area (Å²) in [5.74, 6) is 0.732. The van der Waals surface area contributed by atoms with Gasteiger partial charge < -0.3 is 15.6 Å². The second-order valence-corrected chi connectivity index (χ2v) is 3.26. The molecule has 0 aromatic carbocycles. The predicted octanol–water partition coefficient (Wildman–Crippen LogP) is -0.320. The van der Waals surface area contributed by atoms with E-state index in [1.165, 1.54) is 12.1 Å². The molecule has 8 nitrogen and oxygen atoms in total. The van der Waals surface area contributed by atoms with Crippen molar-refractivity contribution >= 4 is 11.7 Å². The van der Waals surface area contributed by atoms with Crippen molar-refractivity contribution in [3.8, 4) is 0 Å². The van der Waals surface area contributed by atoms with Crippen molar-refractivity contribution in [3.05, 3.63) is 29.5 Å². The molecule has 0 saturated carbocycles. The summed E-state index contributed by atoms with van der Waals surface area (Å²) in [6, 6.07) is 2.99. The monoisotopic (exact) mass is 234 g/mol. The van der Waals surface area contributed by atoms with E-state index in [1.54, 1.807) is 6.92 Å². The summed E-state index contributed by atoms with van der Waals surface area (Å²) in [5.41, 5.74) is 5.54. The van der Waals surface area contributed by atoms with E-state index in [2.05, 4.69) is 25.7 Å². The van der Waals surface area contributed by atoms with Crippen LogP contribution in [0.1, 0.15) is 22.2 Å². The highest BCUT2D eigenvalue weighted by atomic mass is 16.5. The van der Waals surface area contributed by atoms with E-state index in [0.717, 1.165) is 0 Å². The third-order valence-corrected chi connectivity index (χ3v) is 1.89. The first-order chi connectivity index (χ1) is 8.15. The number of aryl methyl sites for hydroxylation is 1. The lowest BCUT2D eigenvalue weighted by Crippen LogP contribution is -2.24. The van der Waals surface area contributed by atoms with Crippen LogP contribution in [0.25, 0.3) is 0 Å². The van der Waals surface area contributed by atoms with Gasteiger partial charge in [-0.15, -0.1) is 10.2 Å². The second-order valence-electron chi connectivity index (χ2n) is 3.26. The van der Waals surface area contributed by atoms with Crippen molar-refractivity contribution in [1.82, 2.24) is 25.7 Å². The van der Waals surface area contributed by atoms with Crippen LogP contribution in [-0.4, -0.2) is 26.2 Å². The van der Waals surface area contributed by atoms with Crippen molar-refractivity contribution in [2.24, 2.45) is 0 Å². The number of rotatable bonds is 3. The Balaban J connectivity index is 1.95. The number of nitrogen functional groups attached to an aromatic ring is 1. The van der Waals surface area contributed by atoms with Crippen LogP contribution in [0.4, 0.5) is 5.82 Å². The van der Waals surface area contributed by atoms with Gasteiger partial charge in [-0.1, -0.05) is 5.16 Å². The normalized spacial score (nSPS) is 10.2. The molecule has 2 aromatic heterocycles. The molecular weight excluding hydrogens is 224 g/mol. The first kappa shape index (κ1) is 11.0. The zero-order chi connectivity index (χ0) is 12.3. The summed E-state index contributed by atoms with van der Waals surface area (Å²) in [4.78, 5) is 15.5. The summed E-state index contributed by atoms with van der Waals surface area (Å²) in [5, 5.41) is 13.4. The molecular formula is C9H10N6O2. The molecule has 0 spiro atoms. The maximum Gasteiger partial charge on any atom is 0.272 e. The Bertz CT molecular complexity index is 521. The zero-order valence-corrected chi connectivity index (χ0v) is 9.04. The number of carbonyl (C=O) groups excluding carboxylic acids is 1. The SMILES string of the molecule is Cc1nc(CNC(=O)c2ccc(N)nn2)no1. The highest BCUT2D eigenvalue weighted by Crippen LogP contribution is 1.98. The van der Waals surface area contributed by atoms with Gasteiger partial charge in [0.05, 0.1) is 6.54 Å². The first-order valence-corrected chi connectivity index (χ1v) is 4.82. The van der Waals surface area contributed by atoms with Crippen molar-refractivity contribution in [3.63, 3.8) is 0 Å². The minimum Gasteiger partial charge on any atom is -0.382 e. The Hall–Kier alpha value is -2.51. The van der Waals surface area contributed by atoms with E-state index in [9.17, 15) is 4.79 Å². The van der Waals surface area contributed by atoms with E-state index in [-0.39, 0.29) is 24.0 Å². The standard InChI is InChI=1S/C9H10N6O2/c1-5-12-8(15-17-5)4-11-9(16)6-2-3-7(10)14-13-6/h2-3H,4H2,1H3,(H2,10,14)(H,11,16). The van der Waals surface area contributed by atoms with Crippen LogP contribution in [-0.2, 0) is 6.54 Å². The Morgan fingerprint density at radius 1 is 1.47 bits per heavy atom. The number of carbonyl (C=O) groups is 1. The van der Waals surface area contributed by atoms with Crippen molar-refractivity contribution in [1.29, 1.82) is 0 Å². The van der Waals surface area contributed by atoms with E-state index in [1.807, 2.05) is 0 Å². The maximum absolute atomic E-state index is 11.6. The van der Waals surface area contributed by atoms with Gasteiger partial charge in [0.1, 0.15) is 5.82 Å². The van der Waals surface area contributed by atoms with Gasteiger partial charge in [0, 0.05) is 6.92 Å². The lowest BCUT2D eigenvalue weighted by molar-refractivity contribution is 0.0943. The zero-order valence-electron chi connectivity index (χ0n) is 9.04. The fourth-order valence-corrected chi connectivity index (χ4v) is 1.13. The number of hydrogen-bond acceptors (Lipinski definition) is 7. The number of nitrogens with one attached hydrogen (secondary N) is 1.